The van der Waals surface area contributed by atoms with E-state index in [1.807, 2.05) is 0 Å². The summed E-state index contributed by atoms with van der Waals surface area (Å²) in [5, 5.41) is 10.3. The van der Waals surface area contributed by atoms with E-state index in [1.165, 1.54) is 11.4 Å². The maximum absolute atomic E-state index is 10.8. The molecule has 0 saturated carbocycles. The molecule has 0 aliphatic rings. The zero-order chi connectivity index (χ0) is 10.6. The van der Waals surface area contributed by atoms with Gasteiger partial charge in [-0.2, -0.15) is 0 Å². The van der Waals surface area contributed by atoms with Crippen molar-refractivity contribution in [2.24, 2.45) is 0 Å². The molecule has 0 aliphatic carbocycles. The largest absolute Gasteiger partial charge is 0.493 e. The number of hydrogen-bond donors (Lipinski definition) is 1. The van der Waals surface area contributed by atoms with Gasteiger partial charge in [-0.1, -0.05) is 18.3 Å². The van der Waals surface area contributed by atoms with Crippen LogP contribution in [0.3, 0.4) is 0 Å². The number of carboxylic acid groups (broad SMARTS) is 1. The monoisotopic (exact) mass is 210 g/mol. The third kappa shape index (κ3) is 2.29. The normalized spacial score (nSPS) is 9.50. The smallest absolute Gasteiger partial charge is 0.339 e. The summed E-state index contributed by atoms with van der Waals surface area (Å²) in [6, 6.07) is 4.77. The average Bonchev–Trinajstić information content (AvgIpc) is 2.17. The summed E-state index contributed by atoms with van der Waals surface area (Å²) < 4.78 is 5.19. The summed E-state index contributed by atoms with van der Waals surface area (Å²) in [5.74, 6) is -0.636. The number of ether oxygens (including phenoxy) is 1. The fourth-order valence-electron chi connectivity index (χ4n) is 1.06. The van der Waals surface area contributed by atoms with E-state index >= 15 is 0 Å². The number of benzene rings is 1. The molecule has 0 spiro atoms. The molecule has 1 N–H and O–H groups in total. The molecule has 0 bridgehead atoms. The van der Waals surface area contributed by atoms with Crippen LogP contribution in [0.15, 0.2) is 18.2 Å². The Morgan fingerprint density at radius 1 is 1.64 bits per heavy atom. The van der Waals surface area contributed by atoms with Crippen molar-refractivity contribution < 1.29 is 14.6 Å². The molecule has 4 heteroatoms. The summed E-state index contributed by atoms with van der Waals surface area (Å²) in [6.07, 6.45) is 0. The Labute approximate surface area is 87.3 Å². The molecule has 0 amide bonds. The number of carbonyl (C=O) groups is 1. The molecular formula is C10H10O3S. The minimum atomic E-state index is -0.996. The van der Waals surface area contributed by atoms with Crippen molar-refractivity contribution in [3.63, 3.8) is 0 Å². The van der Waals surface area contributed by atoms with Gasteiger partial charge >= 0.3 is 5.97 Å². The fourth-order valence-corrected chi connectivity index (χ4v) is 1.21. The summed E-state index contributed by atoms with van der Waals surface area (Å²) in [7, 11) is 0. The molecule has 1 rings (SSSR count). The lowest BCUT2D eigenvalue weighted by molar-refractivity contribution is 0.0692. The lowest BCUT2D eigenvalue weighted by Crippen LogP contribution is -2.03. The molecule has 3 nitrogen and oxygen atoms in total. The molecule has 74 valence electrons. The van der Waals surface area contributed by atoms with Gasteiger partial charge in [0.05, 0.1) is 6.61 Å². The molecule has 0 aromatic heterocycles. The third-order valence-corrected chi connectivity index (χ3v) is 1.94. The number of carboxylic acids is 1. The van der Waals surface area contributed by atoms with E-state index in [0.717, 1.165) is 5.56 Å². The summed E-state index contributed by atoms with van der Waals surface area (Å²) in [4.78, 5) is 10.8. The van der Waals surface area contributed by atoms with E-state index in [9.17, 15) is 4.79 Å². The maximum Gasteiger partial charge on any atom is 0.339 e. The first-order valence-corrected chi connectivity index (χ1v) is 4.61. The van der Waals surface area contributed by atoms with Crippen molar-refractivity contribution in [2.75, 3.05) is 6.61 Å². The van der Waals surface area contributed by atoms with Crippen LogP contribution in [0.4, 0.5) is 0 Å². The van der Waals surface area contributed by atoms with Crippen LogP contribution in [-0.2, 0) is 0 Å². The van der Waals surface area contributed by atoms with Crippen LogP contribution in [0.2, 0.25) is 0 Å². The Balaban J connectivity index is 3.16. The molecule has 0 aliphatic heterocycles. The SMILES string of the molecule is CCOc1cc(C=S)ccc1C(=O)O. The van der Waals surface area contributed by atoms with Gasteiger partial charge in [0.15, 0.2) is 0 Å². The first-order chi connectivity index (χ1) is 6.69. The lowest BCUT2D eigenvalue weighted by atomic mass is 10.1. The highest BCUT2D eigenvalue weighted by Gasteiger charge is 2.10. The van der Waals surface area contributed by atoms with Gasteiger partial charge in [0, 0.05) is 5.37 Å². The Kier molecular flexibility index (Phi) is 3.59. The highest BCUT2D eigenvalue weighted by atomic mass is 32.1. The Hall–Kier alpha value is -1.42. The van der Waals surface area contributed by atoms with Crippen molar-refractivity contribution in [1.82, 2.24) is 0 Å². The van der Waals surface area contributed by atoms with E-state index in [-0.39, 0.29) is 5.56 Å². The number of hydrogen-bond acceptors (Lipinski definition) is 3. The molecule has 1 aromatic rings. The minimum absolute atomic E-state index is 0.160. The van der Waals surface area contributed by atoms with Gasteiger partial charge in [0.2, 0.25) is 0 Å². The quantitative estimate of drug-likeness (QED) is 0.773. The number of rotatable bonds is 4. The van der Waals surface area contributed by atoms with Gasteiger partial charge in [0.1, 0.15) is 11.3 Å². The Morgan fingerprint density at radius 2 is 2.36 bits per heavy atom. The molecule has 0 fully saturated rings. The van der Waals surface area contributed by atoms with Crippen molar-refractivity contribution in [2.45, 2.75) is 6.92 Å². The van der Waals surface area contributed by atoms with E-state index in [2.05, 4.69) is 0 Å². The first kappa shape index (κ1) is 10.7. The van der Waals surface area contributed by atoms with Crippen molar-refractivity contribution in [3.05, 3.63) is 29.3 Å². The van der Waals surface area contributed by atoms with Crippen LogP contribution in [0.25, 0.3) is 0 Å². The fraction of sp³-hybridized carbons (Fsp3) is 0.200. The molecule has 0 atom stereocenters. The average molecular weight is 210 g/mol. The molecule has 0 radical (unpaired) electrons. The first-order valence-electron chi connectivity index (χ1n) is 4.14. The molecule has 0 heterocycles. The number of aromatic carboxylic acids is 1. The Bertz CT molecular complexity index is 360. The van der Waals surface area contributed by atoms with E-state index < -0.39 is 5.97 Å². The molecule has 1 aromatic carbocycles. The van der Waals surface area contributed by atoms with Gasteiger partial charge in [-0.15, -0.1) is 0 Å². The van der Waals surface area contributed by atoms with Gasteiger partial charge < -0.3 is 9.84 Å². The van der Waals surface area contributed by atoms with Gasteiger partial charge in [-0.3, -0.25) is 0 Å². The highest BCUT2D eigenvalue weighted by molar-refractivity contribution is 7.79. The summed E-state index contributed by atoms with van der Waals surface area (Å²) in [6.45, 7) is 2.23. The summed E-state index contributed by atoms with van der Waals surface area (Å²) >= 11 is 4.74. The standard InChI is InChI=1S/C10H10O3S/c1-2-13-9-5-7(6-14)3-4-8(9)10(11)12/h3-6H,2H2,1H3,(H,11,12). The molecule has 14 heavy (non-hydrogen) atoms. The van der Waals surface area contributed by atoms with E-state index in [4.69, 9.17) is 22.1 Å². The van der Waals surface area contributed by atoms with Crippen molar-refractivity contribution >= 4 is 23.6 Å². The van der Waals surface area contributed by atoms with Crippen molar-refractivity contribution in [1.29, 1.82) is 0 Å². The Morgan fingerprint density at radius 3 is 2.86 bits per heavy atom. The van der Waals surface area contributed by atoms with E-state index in [1.54, 1.807) is 19.1 Å². The second kappa shape index (κ2) is 4.72. The van der Waals surface area contributed by atoms with Crippen LogP contribution >= 0.6 is 12.2 Å². The highest BCUT2D eigenvalue weighted by Crippen LogP contribution is 2.19. The third-order valence-electron chi connectivity index (χ3n) is 1.67. The van der Waals surface area contributed by atoms with Crippen LogP contribution in [0.1, 0.15) is 22.8 Å². The number of thiocarbonyl (C=S) groups is 1. The second-order valence-corrected chi connectivity index (χ2v) is 2.85. The molecule has 0 unspecified atom stereocenters. The van der Waals surface area contributed by atoms with E-state index in [0.29, 0.717) is 12.4 Å². The van der Waals surface area contributed by atoms with Gasteiger partial charge in [-0.25, -0.2) is 4.79 Å². The lowest BCUT2D eigenvalue weighted by Gasteiger charge is -2.07. The van der Waals surface area contributed by atoms with Crippen LogP contribution in [0.5, 0.6) is 5.75 Å². The molecular weight excluding hydrogens is 200 g/mol. The van der Waals surface area contributed by atoms with Crippen molar-refractivity contribution in [3.8, 4) is 5.75 Å². The maximum atomic E-state index is 10.8. The minimum Gasteiger partial charge on any atom is -0.493 e. The predicted molar refractivity (Wildman–Crippen MR) is 57.3 cm³/mol. The van der Waals surface area contributed by atoms with Crippen LogP contribution < -0.4 is 4.74 Å². The van der Waals surface area contributed by atoms with Crippen LogP contribution in [0, 0.1) is 0 Å². The van der Waals surface area contributed by atoms with Gasteiger partial charge in [0.25, 0.3) is 0 Å². The second-order valence-electron chi connectivity index (χ2n) is 2.61. The predicted octanol–water partition coefficient (Wildman–Crippen LogP) is 2.13. The topological polar surface area (TPSA) is 46.5 Å². The van der Waals surface area contributed by atoms with Crippen LogP contribution in [-0.4, -0.2) is 23.1 Å². The van der Waals surface area contributed by atoms with Gasteiger partial charge in [-0.05, 0) is 24.6 Å². The zero-order valence-corrected chi connectivity index (χ0v) is 8.50. The zero-order valence-electron chi connectivity index (χ0n) is 7.69. The summed E-state index contributed by atoms with van der Waals surface area (Å²) in [5.41, 5.74) is 0.931. The molecule has 0 saturated heterocycles.